The molecule has 0 saturated carbocycles. The predicted octanol–water partition coefficient (Wildman–Crippen LogP) is 3.80. The molecule has 2 heterocycles. The van der Waals surface area contributed by atoms with Crippen LogP contribution < -0.4 is 5.32 Å². The summed E-state index contributed by atoms with van der Waals surface area (Å²) in [6.07, 6.45) is 4.56. The lowest BCUT2D eigenvalue weighted by Crippen LogP contribution is -2.11. The Morgan fingerprint density at radius 1 is 1.24 bits per heavy atom. The van der Waals surface area contributed by atoms with Gasteiger partial charge in [-0.3, -0.25) is 0 Å². The number of hydrogen-bond donors (Lipinski definition) is 1. The number of para-hydroxylation sites is 1. The molecule has 0 saturated heterocycles. The van der Waals surface area contributed by atoms with E-state index in [1.807, 2.05) is 0 Å². The minimum absolute atomic E-state index is 0.443. The van der Waals surface area contributed by atoms with Gasteiger partial charge < -0.3 is 9.88 Å². The Morgan fingerprint density at radius 3 is 3.00 bits per heavy atom. The highest BCUT2D eigenvalue weighted by atomic mass is 15.1. The fourth-order valence-corrected chi connectivity index (χ4v) is 2.64. The molecule has 3 rings (SSSR count). The minimum atomic E-state index is 0.443. The van der Waals surface area contributed by atoms with Crippen molar-refractivity contribution in [3.8, 4) is 0 Å². The average Bonchev–Trinajstić information content (AvgIpc) is 2.74. The van der Waals surface area contributed by atoms with Gasteiger partial charge in [-0.1, -0.05) is 31.5 Å². The standard InChI is InChI=1S/C15H18N2/c1-2-6-14-15-9-5-10-17(15)11-12-7-3-4-8-13(12)16-14/h3-5,7-10,14,16H,2,6,11H2,1H3. The zero-order chi connectivity index (χ0) is 11.7. The third-order valence-electron chi connectivity index (χ3n) is 3.49. The number of aromatic nitrogens is 1. The maximum absolute atomic E-state index is 3.68. The summed E-state index contributed by atoms with van der Waals surface area (Å²) in [6, 6.07) is 13.4. The number of benzene rings is 1. The maximum atomic E-state index is 3.68. The SMILES string of the molecule is CCCC1Nc2ccccc2Cn2cccc21. The molecule has 0 aliphatic carbocycles. The van der Waals surface area contributed by atoms with Crippen molar-refractivity contribution in [3.63, 3.8) is 0 Å². The summed E-state index contributed by atoms with van der Waals surface area (Å²) in [5, 5.41) is 3.68. The lowest BCUT2D eigenvalue weighted by atomic mass is 10.1. The van der Waals surface area contributed by atoms with E-state index in [1.54, 1.807) is 0 Å². The highest BCUT2D eigenvalue weighted by Gasteiger charge is 2.19. The second-order valence-corrected chi connectivity index (χ2v) is 4.70. The normalized spacial score (nSPS) is 17.8. The third kappa shape index (κ3) is 1.84. The van der Waals surface area contributed by atoms with E-state index >= 15 is 0 Å². The lowest BCUT2D eigenvalue weighted by Gasteiger charge is -2.18. The quantitative estimate of drug-likeness (QED) is 0.824. The van der Waals surface area contributed by atoms with E-state index in [0.717, 1.165) is 6.54 Å². The van der Waals surface area contributed by atoms with E-state index in [4.69, 9.17) is 0 Å². The summed E-state index contributed by atoms with van der Waals surface area (Å²) in [5.41, 5.74) is 4.07. The molecule has 2 heteroatoms. The van der Waals surface area contributed by atoms with E-state index in [2.05, 4.69) is 59.4 Å². The number of hydrogen-bond acceptors (Lipinski definition) is 1. The van der Waals surface area contributed by atoms with Crippen molar-refractivity contribution < 1.29 is 0 Å². The van der Waals surface area contributed by atoms with Gasteiger partial charge in [-0.2, -0.15) is 0 Å². The Hall–Kier alpha value is -1.70. The van der Waals surface area contributed by atoms with Gasteiger partial charge in [-0.15, -0.1) is 0 Å². The lowest BCUT2D eigenvalue weighted by molar-refractivity contribution is 0.629. The Bertz CT molecular complexity index is 513. The number of fused-ring (bicyclic) bond motifs is 2. The van der Waals surface area contributed by atoms with Gasteiger partial charge in [0.15, 0.2) is 0 Å². The van der Waals surface area contributed by atoms with E-state index in [-0.39, 0.29) is 0 Å². The zero-order valence-corrected chi connectivity index (χ0v) is 10.2. The fourth-order valence-electron chi connectivity index (χ4n) is 2.64. The molecule has 17 heavy (non-hydrogen) atoms. The molecule has 0 radical (unpaired) electrons. The molecule has 0 bridgehead atoms. The fraction of sp³-hybridized carbons (Fsp3) is 0.333. The molecule has 1 aromatic heterocycles. The number of nitrogens with zero attached hydrogens (tertiary/aromatic N) is 1. The molecule has 0 fully saturated rings. The second-order valence-electron chi connectivity index (χ2n) is 4.70. The molecule has 1 aliphatic heterocycles. The highest BCUT2D eigenvalue weighted by molar-refractivity contribution is 5.54. The molecule has 0 amide bonds. The maximum Gasteiger partial charge on any atom is 0.0665 e. The van der Waals surface area contributed by atoms with Crippen molar-refractivity contribution in [1.29, 1.82) is 0 Å². The molecule has 1 atom stereocenters. The third-order valence-corrected chi connectivity index (χ3v) is 3.49. The Kier molecular flexibility index (Phi) is 2.63. The van der Waals surface area contributed by atoms with E-state index < -0.39 is 0 Å². The van der Waals surface area contributed by atoms with Crippen LogP contribution in [0.25, 0.3) is 0 Å². The van der Waals surface area contributed by atoms with Crippen LogP contribution in [0.3, 0.4) is 0 Å². The van der Waals surface area contributed by atoms with Crippen LogP contribution in [0.4, 0.5) is 5.69 Å². The average molecular weight is 226 g/mol. The monoisotopic (exact) mass is 226 g/mol. The van der Waals surface area contributed by atoms with Crippen LogP contribution >= 0.6 is 0 Å². The molecule has 88 valence electrons. The molecule has 1 unspecified atom stereocenters. The molecule has 0 spiro atoms. The van der Waals surface area contributed by atoms with Crippen LogP contribution in [0.2, 0.25) is 0 Å². The van der Waals surface area contributed by atoms with Crippen molar-refractivity contribution in [2.75, 3.05) is 5.32 Å². The predicted molar refractivity (Wildman–Crippen MR) is 71.2 cm³/mol. The number of rotatable bonds is 2. The molecule has 1 aromatic carbocycles. The van der Waals surface area contributed by atoms with Crippen molar-refractivity contribution in [2.45, 2.75) is 32.4 Å². The largest absolute Gasteiger partial charge is 0.376 e. The summed E-state index contributed by atoms with van der Waals surface area (Å²) >= 11 is 0. The van der Waals surface area contributed by atoms with Crippen LogP contribution in [0.1, 0.15) is 37.1 Å². The van der Waals surface area contributed by atoms with Crippen molar-refractivity contribution in [1.82, 2.24) is 4.57 Å². The van der Waals surface area contributed by atoms with Gasteiger partial charge in [0, 0.05) is 24.1 Å². The summed E-state index contributed by atoms with van der Waals surface area (Å²) in [5.74, 6) is 0. The van der Waals surface area contributed by atoms with E-state index in [0.29, 0.717) is 6.04 Å². The van der Waals surface area contributed by atoms with Crippen LogP contribution in [0.15, 0.2) is 42.6 Å². The Labute approximate surface area is 102 Å². The molecular weight excluding hydrogens is 208 g/mol. The first-order valence-corrected chi connectivity index (χ1v) is 6.38. The Balaban J connectivity index is 2.05. The summed E-state index contributed by atoms with van der Waals surface area (Å²) < 4.78 is 2.36. The second kappa shape index (κ2) is 4.28. The van der Waals surface area contributed by atoms with Gasteiger partial charge in [0.2, 0.25) is 0 Å². The smallest absolute Gasteiger partial charge is 0.0665 e. The van der Waals surface area contributed by atoms with Crippen LogP contribution in [-0.4, -0.2) is 4.57 Å². The van der Waals surface area contributed by atoms with Crippen molar-refractivity contribution in [2.24, 2.45) is 0 Å². The number of anilines is 1. The van der Waals surface area contributed by atoms with Gasteiger partial charge in [0.25, 0.3) is 0 Å². The number of nitrogens with one attached hydrogen (secondary N) is 1. The van der Waals surface area contributed by atoms with Gasteiger partial charge in [0.05, 0.1) is 6.04 Å². The first-order valence-electron chi connectivity index (χ1n) is 6.38. The van der Waals surface area contributed by atoms with Crippen LogP contribution in [-0.2, 0) is 6.54 Å². The topological polar surface area (TPSA) is 17.0 Å². The van der Waals surface area contributed by atoms with Gasteiger partial charge in [-0.25, -0.2) is 0 Å². The summed E-state index contributed by atoms with van der Waals surface area (Å²) in [4.78, 5) is 0. The summed E-state index contributed by atoms with van der Waals surface area (Å²) in [6.45, 7) is 3.22. The minimum Gasteiger partial charge on any atom is -0.376 e. The van der Waals surface area contributed by atoms with E-state index in [9.17, 15) is 0 Å². The molecule has 1 aliphatic rings. The summed E-state index contributed by atoms with van der Waals surface area (Å²) in [7, 11) is 0. The first-order chi connectivity index (χ1) is 8.38. The zero-order valence-electron chi connectivity index (χ0n) is 10.2. The van der Waals surface area contributed by atoms with Crippen molar-refractivity contribution in [3.05, 3.63) is 53.9 Å². The molecule has 1 N–H and O–H groups in total. The van der Waals surface area contributed by atoms with Gasteiger partial charge in [-0.05, 0) is 30.2 Å². The molecular formula is C15H18N2. The highest BCUT2D eigenvalue weighted by Crippen LogP contribution is 2.30. The van der Waals surface area contributed by atoms with Crippen LogP contribution in [0, 0.1) is 0 Å². The van der Waals surface area contributed by atoms with Crippen LogP contribution in [0.5, 0.6) is 0 Å². The van der Waals surface area contributed by atoms with Gasteiger partial charge in [0.1, 0.15) is 0 Å². The van der Waals surface area contributed by atoms with E-state index in [1.165, 1.54) is 29.8 Å². The van der Waals surface area contributed by atoms with Gasteiger partial charge >= 0.3 is 0 Å². The molecule has 2 nitrogen and oxygen atoms in total. The van der Waals surface area contributed by atoms with Crippen molar-refractivity contribution >= 4 is 5.69 Å². The Morgan fingerprint density at radius 2 is 2.12 bits per heavy atom. The molecule has 2 aromatic rings. The first kappa shape index (κ1) is 10.5.